The van der Waals surface area contributed by atoms with Crippen LogP contribution in [-0.4, -0.2) is 32.6 Å². The molecule has 0 bridgehead atoms. The first-order chi connectivity index (χ1) is 8.90. The van der Waals surface area contributed by atoms with E-state index in [0.29, 0.717) is 0 Å². The maximum atomic E-state index is 3.78. The molecule has 106 valence electrons. The fraction of sp³-hybridized carbons (Fsp3) is 0.647. The standard InChI is InChI=1S/C17H29NSi/c1-7-9-10-11-12-13-17(18(3)15-8-2)14-16-19(4,5)6/h8,17H,2,7,9-11,15H2,1,3-6H3/t17-/m1/s1. The van der Waals surface area contributed by atoms with Crippen LogP contribution in [-0.2, 0) is 0 Å². The Kier molecular flexibility index (Phi) is 9.40. The molecule has 19 heavy (non-hydrogen) atoms. The van der Waals surface area contributed by atoms with E-state index in [0.717, 1.165) is 13.0 Å². The lowest BCUT2D eigenvalue weighted by molar-refractivity contribution is 0.370. The van der Waals surface area contributed by atoms with Crippen LogP contribution < -0.4 is 0 Å². The fourth-order valence-corrected chi connectivity index (χ4v) is 2.05. The van der Waals surface area contributed by atoms with E-state index in [1.807, 2.05) is 6.08 Å². The maximum Gasteiger partial charge on any atom is 0.133 e. The van der Waals surface area contributed by atoms with Crippen molar-refractivity contribution in [1.82, 2.24) is 4.90 Å². The molecule has 0 aliphatic rings. The zero-order valence-electron chi connectivity index (χ0n) is 13.3. The quantitative estimate of drug-likeness (QED) is 0.307. The lowest BCUT2D eigenvalue weighted by Crippen LogP contribution is -2.30. The Morgan fingerprint density at radius 1 is 1.21 bits per heavy atom. The van der Waals surface area contributed by atoms with Crippen molar-refractivity contribution in [3.8, 4) is 23.3 Å². The molecular weight excluding hydrogens is 246 g/mol. The van der Waals surface area contributed by atoms with Gasteiger partial charge in [0.25, 0.3) is 0 Å². The molecule has 0 fully saturated rings. The normalized spacial score (nSPS) is 12.1. The van der Waals surface area contributed by atoms with Crippen molar-refractivity contribution < 1.29 is 0 Å². The Hall–Kier alpha value is -0.963. The maximum absolute atomic E-state index is 3.78. The first kappa shape index (κ1) is 18.0. The first-order valence-electron chi connectivity index (χ1n) is 7.23. The van der Waals surface area contributed by atoms with Crippen LogP contribution in [0.1, 0.15) is 32.6 Å². The van der Waals surface area contributed by atoms with Crippen molar-refractivity contribution in [2.75, 3.05) is 13.6 Å². The summed E-state index contributed by atoms with van der Waals surface area (Å²) < 4.78 is 0. The van der Waals surface area contributed by atoms with Gasteiger partial charge in [-0.25, -0.2) is 0 Å². The van der Waals surface area contributed by atoms with Gasteiger partial charge in [0.1, 0.15) is 14.1 Å². The van der Waals surface area contributed by atoms with Gasteiger partial charge >= 0.3 is 0 Å². The highest BCUT2D eigenvalue weighted by molar-refractivity contribution is 6.83. The Bertz CT molecular complexity index is 370. The molecule has 0 heterocycles. The van der Waals surface area contributed by atoms with Crippen LogP contribution >= 0.6 is 0 Å². The lowest BCUT2D eigenvalue weighted by atomic mass is 10.2. The molecule has 0 aliphatic heterocycles. The molecule has 0 spiro atoms. The van der Waals surface area contributed by atoms with E-state index < -0.39 is 8.07 Å². The van der Waals surface area contributed by atoms with Crippen LogP contribution in [0.2, 0.25) is 19.6 Å². The van der Waals surface area contributed by atoms with Crippen molar-refractivity contribution in [3.05, 3.63) is 12.7 Å². The van der Waals surface area contributed by atoms with E-state index in [1.54, 1.807) is 0 Å². The van der Waals surface area contributed by atoms with Crippen molar-refractivity contribution in [1.29, 1.82) is 0 Å². The van der Waals surface area contributed by atoms with Gasteiger partial charge in [-0.15, -0.1) is 18.0 Å². The van der Waals surface area contributed by atoms with Crippen molar-refractivity contribution >= 4 is 8.07 Å². The van der Waals surface area contributed by atoms with Crippen molar-refractivity contribution in [2.24, 2.45) is 0 Å². The van der Waals surface area contributed by atoms with E-state index >= 15 is 0 Å². The average Bonchev–Trinajstić information content (AvgIpc) is 2.31. The molecule has 1 nitrogen and oxygen atoms in total. The average molecular weight is 276 g/mol. The minimum atomic E-state index is -1.33. The molecule has 0 unspecified atom stereocenters. The lowest BCUT2D eigenvalue weighted by Gasteiger charge is -2.18. The summed E-state index contributed by atoms with van der Waals surface area (Å²) in [7, 11) is 0.731. The van der Waals surface area contributed by atoms with Crippen LogP contribution in [0, 0.1) is 23.3 Å². The number of nitrogens with zero attached hydrogens (tertiary/aromatic N) is 1. The van der Waals surface area contributed by atoms with E-state index in [2.05, 4.69) is 68.4 Å². The molecule has 1 atom stereocenters. The molecular formula is C17H29NSi. The predicted molar refractivity (Wildman–Crippen MR) is 89.7 cm³/mol. The molecule has 0 N–H and O–H groups in total. The summed E-state index contributed by atoms with van der Waals surface area (Å²) in [5.74, 6) is 9.95. The third-order valence-electron chi connectivity index (χ3n) is 2.59. The van der Waals surface area contributed by atoms with Gasteiger partial charge in [-0.3, -0.25) is 4.90 Å². The molecule has 0 saturated heterocycles. The Labute approximate surface area is 121 Å². The molecule has 0 rings (SSSR count). The molecule has 2 heteroatoms. The largest absolute Gasteiger partial charge is 0.279 e. The van der Waals surface area contributed by atoms with Crippen LogP contribution in [0.15, 0.2) is 12.7 Å². The minimum absolute atomic E-state index is 0.0475. The van der Waals surface area contributed by atoms with E-state index in [1.165, 1.54) is 19.3 Å². The third kappa shape index (κ3) is 10.6. The molecule has 0 radical (unpaired) electrons. The first-order valence-corrected chi connectivity index (χ1v) is 10.7. The highest BCUT2D eigenvalue weighted by Crippen LogP contribution is 2.01. The van der Waals surface area contributed by atoms with E-state index in [-0.39, 0.29) is 6.04 Å². The fourth-order valence-electron chi connectivity index (χ4n) is 1.48. The highest BCUT2D eigenvalue weighted by Gasteiger charge is 2.11. The van der Waals surface area contributed by atoms with Gasteiger partial charge in [-0.2, -0.15) is 0 Å². The van der Waals surface area contributed by atoms with Gasteiger partial charge in [-0.1, -0.05) is 57.3 Å². The summed E-state index contributed by atoms with van der Waals surface area (Å²) in [6.07, 6.45) is 6.60. The molecule has 0 saturated carbocycles. The third-order valence-corrected chi connectivity index (χ3v) is 3.48. The SMILES string of the molecule is C=CCN(C)[C@H](C#CCCCCC)C#C[Si](C)(C)C. The van der Waals surface area contributed by atoms with Crippen LogP contribution in [0.3, 0.4) is 0 Å². The van der Waals surface area contributed by atoms with Gasteiger partial charge in [0.2, 0.25) is 0 Å². The number of likely N-dealkylation sites (N-methyl/N-ethyl adjacent to an activating group) is 1. The Balaban J connectivity index is 4.66. The highest BCUT2D eigenvalue weighted by atomic mass is 28.3. The predicted octanol–water partition coefficient (Wildman–Crippen LogP) is 3.94. The molecule has 0 aromatic carbocycles. The smallest absolute Gasteiger partial charge is 0.133 e. The minimum Gasteiger partial charge on any atom is -0.279 e. The van der Waals surface area contributed by atoms with Gasteiger partial charge in [0.15, 0.2) is 0 Å². The van der Waals surface area contributed by atoms with Gasteiger partial charge < -0.3 is 0 Å². The number of hydrogen-bond acceptors (Lipinski definition) is 1. The summed E-state index contributed by atoms with van der Waals surface area (Å²) in [6.45, 7) is 13.6. The number of rotatable bonds is 6. The molecule has 0 amide bonds. The number of hydrogen-bond donors (Lipinski definition) is 0. The van der Waals surface area contributed by atoms with E-state index in [4.69, 9.17) is 0 Å². The zero-order valence-corrected chi connectivity index (χ0v) is 14.3. The second-order valence-corrected chi connectivity index (χ2v) is 10.7. The second-order valence-electron chi connectivity index (χ2n) is 5.93. The van der Waals surface area contributed by atoms with Gasteiger partial charge in [0, 0.05) is 13.0 Å². The van der Waals surface area contributed by atoms with Gasteiger partial charge in [-0.05, 0) is 13.5 Å². The van der Waals surface area contributed by atoms with E-state index in [9.17, 15) is 0 Å². The Morgan fingerprint density at radius 2 is 1.89 bits per heavy atom. The Morgan fingerprint density at radius 3 is 2.42 bits per heavy atom. The second kappa shape index (κ2) is 9.90. The summed E-state index contributed by atoms with van der Waals surface area (Å²) >= 11 is 0. The molecule has 0 aromatic rings. The summed E-state index contributed by atoms with van der Waals surface area (Å²) in [5, 5.41) is 0. The summed E-state index contributed by atoms with van der Waals surface area (Å²) in [5.41, 5.74) is 3.42. The van der Waals surface area contributed by atoms with Gasteiger partial charge in [0.05, 0.1) is 0 Å². The summed E-state index contributed by atoms with van der Waals surface area (Å²) in [6, 6.07) is 0.0475. The topological polar surface area (TPSA) is 3.24 Å². The van der Waals surface area contributed by atoms with Crippen LogP contribution in [0.25, 0.3) is 0 Å². The van der Waals surface area contributed by atoms with Crippen molar-refractivity contribution in [2.45, 2.75) is 58.3 Å². The molecule has 0 aromatic heterocycles. The zero-order chi connectivity index (χ0) is 14.7. The summed E-state index contributed by atoms with van der Waals surface area (Å²) in [4.78, 5) is 2.16. The molecule has 0 aliphatic carbocycles. The van der Waals surface area contributed by atoms with Crippen molar-refractivity contribution in [3.63, 3.8) is 0 Å². The van der Waals surface area contributed by atoms with Crippen LogP contribution in [0.4, 0.5) is 0 Å². The monoisotopic (exact) mass is 275 g/mol. The van der Waals surface area contributed by atoms with Crippen LogP contribution in [0.5, 0.6) is 0 Å². The number of unbranched alkanes of at least 4 members (excludes halogenated alkanes) is 3.